The topological polar surface area (TPSA) is 83.7 Å². The third kappa shape index (κ3) is 3.13. The van der Waals surface area contributed by atoms with Gasteiger partial charge in [-0.05, 0) is 27.6 Å². The quantitative estimate of drug-likeness (QED) is 0.507. The van der Waals surface area contributed by atoms with Crippen LogP contribution in [0.4, 0.5) is 0 Å². The van der Waals surface area contributed by atoms with Crippen LogP contribution in [0.3, 0.4) is 0 Å². The van der Waals surface area contributed by atoms with Gasteiger partial charge in [-0.2, -0.15) is 0 Å². The molecule has 17 heavy (non-hydrogen) atoms. The van der Waals surface area contributed by atoms with Gasteiger partial charge in [0.15, 0.2) is 5.03 Å². The maximum atomic E-state index is 10.3. The summed E-state index contributed by atoms with van der Waals surface area (Å²) < 4.78 is 0.764. The largest absolute Gasteiger partial charge is 0.349 e. The van der Waals surface area contributed by atoms with Crippen LogP contribution in [0, 0.1) is 10.1 Å². The van der Waals surface area contributed by atoms with Crippen molar-refractivity contribution in [2.45, 2.75) is 6.54 Å². The van der Waals surface area contributed by atoms with E-state index in [1.807, 2.05) is 17.0 Å². The van der Waals surface area contributed by atoms with E-state index in [0.717, 1.165) is 10.2 Å². The van der Waals surface area contributed by atoms with Gasteiger partial charge in [0.2, 0.25) is 0 Å². The molecule has 2 rings (SSSR count). The molecule has 0 radical (unpaired) electrons. The first-order chi connectivity index (χ1) is 8.15. The van der Waals surface area contributed by atoms with Crippen LogP contribution in [0.25, 0.3) is 0 Å². The molecule has 0 atom stereocenters. The third-order valence-electron chi connectivity index (χ3n) is 2.30. The monoisotopic (exact) mass is 299 g/mol. The summed E-state index contributed by atoms with van der Waals surface area (Å²) in [6, 6.07) is 3.75. The zero-order valence-corrected chi connectivity index (χ0v) is 10.4. The number of guanidine groups is 1. The van der Waals surface area contributed by atoms with E-state index in [-0.39, 0.29) is 0 Å². The second-order valence-corrected chi connectivity index (χ2v) is 4.31. The molecule has 1 aliphatic rings. The summed E-state index contributed by atoms with van der Waals surface area (Å²) in [5, 5.41) is 15.8. The summed E-state index contributed by atoms with van der Waals surface area (Å²) in [6.45, 7) is 1.92. The van der Waals surface area contributed by atoms with Gasteiger partial charge < -0.3 is 10.2 Å². The molecule has 8 heteroatoms. The SMILES string of the molecule is O=[N+]([O-])/N=C1\NCCN1Cc1ccc(Br)nc1. The molecule has 90 valence electrons. The fourth-order valence-electron chi connectivity index (χ4n) is 1.57. The number of pyridine rings is 1. The lowest BCUT2D eigenvalue weighted by Gasteiger charge is -2.14. The molecule has 0 bridgehead atoms. The van der Waals surface area contributed by atoms with E-state index in [4.69, 9.17) is 0 Å². The number of aromatic nitrogens is 1. The summed E-state index contributed by atoms with van der Waals surface area (Å²) in [6.07, 6.45) is 1.73. The Hall–Kier alpha value is -1.70. The van der Waals surface area contributed by atoms with Crippen LogP contribution in [0.5, 0.6) is 0 Å². The minimum absolute atomic E-state index is 0.304. The Balaban J connectivity index is 2.07. The number of halogens is 1. The Morgan fingerprint density at radius 2 is 2.47 bits per heavy atom. The summed E-state index contributed by atoms with van der Waals surface area (Å²) in [5.41, 5.74) is 0.980. The van der Waals surface area contributed by atoms with E-state index in [0.29, 0.717) is 25.6 Å². The van der Waals surface area contributed by atoms with Gasteiger partial charge in [0.05, 0.1) is 0 Å². The molecule has 2 heterocycles. The van der Waals surface area contributed by atoms with E-state index < -0.39 is 5.03 Å². The molecule has 0 aromatic carbocycles. The number of rotatable bonds is 3. The van der Waals surface area contributed by atoms with Crippen molar-refractivity contribution in [3.8, 4) is 0 Å². The van der Waals surface area contributed by atoms with Crippen molar-refractivity contribution in [1.29, 1.82) is 0 Å². The molecule has 7 nitrogen and oxygen atoms in total. The lowest BCUT2D eigenvalue weighted by Crippen LogP contribution is -2.30. The minimum Gasteiger partial charge on any atom is -0.349 e. The maximum absolute atomic E-state index is 10.3. The normalized spacial score (nSPS) is 17.2. The second-order valence-electron chi connectivity index (χ2n) is 3.50. The molecule has 1 aliphatic heterocycles. The van der Waals surface area contributed by atoms with Crippen molar-refractivity contribution in [2.24, 2.45) is 5.10 Å². The van der Waals surface area contributed by atoms with Gasteiger partial charge >= 0.3 is 0 Å². The fourth-order valence-corrected chi connectivity index (χ4v) is 1.81. The van der Waals surface area contributed by atoms with Crippen LogP contribution < -0.4 is 5.32 Å². The highest BCUT2D eigenvalue weighted by Gasteiger charge is 2.21. The predicted molar refractivity (Wildman–Crippen MR) is 64.8 cm³/mol. The molecule has 0 amide bonds. The molecule has 0 aliphatic carbocycles. The van der Waals surface area contributed by atoms with E-state index in [9.17, 15) is 10.1 Å². The van der Waals surface area contributed by atoms with Crippen molar-refractivity contribution in [1.82, 2.24) is 15.2 Å². The first-order valence-corrected chi connectivity index (χ1v) is 5.77. The van der Waals surface area contributed by atoms with E-state index in [1.165, 1.54) is 0 Å². The number of nitrogens with one attached hydrogen (secondary N) is 1. The van der Waals surface area contributed by atoms with Crippen molar-refractivity contribution in [3.63, 3.8) is 0 Å². The first-order valence-electron chi connectivity index (χ1n) is 4.97. The van der Waals surface area contributed by atoms with Crippen molar-refractivity contribution < 1.29 is 5.03 Å². The molecular weight excluding hydrogens is 290 g/mol. The summed E-state index contributed by atoms with van der Waals surface area (Å²) in [4.78, 5) is 16.2. The predicted octanol–water partition coefficient (Wildman–Crippen LogP) is 0.797. The molecule has 1 N–H and O–H groups in total. The van der Waals surface area contributed by atoms with Crippen LogP contribution in [-0.2, 0) is 6.54 Å². The molecule has 0 saturated carbocycles. The number of hydrogen-bond donors (Lipinski definition) is 1. The standard InChI is InChI=1S/C9H10BrN5O2/c10-8-2-1-7(5-12-8)6-14-4-3-11-9(14)13-15(16)17/h1-2,5H,3-4,6H2,(H,11,13). The van der Waals surface area contributed by atoms with Gasteiger partial charge in [-0.1, -0.05) is 6.07 Å². The average Bonchev–Trinajstić information content (AvgIpc) is 2.68. The Kier molecular flexibility index (Phi) is 3.52. The molecule has 1 aromatic rings. The minimum atomic E-state index is -0.694. The van der Waals surface area contributed by atoms with Gasteiger partial charge in [-0.25, -0.2) is 15.1 Å². The third-order valence-corrected chi connectivity index (χ3v) is 2.77. The van der Waals surface area contributed by atoms with Crippen LogP contribution in [0.2, 0.25) is 0 Å². The summed E-state index contributed by atoms with van der Waals surface area (Å²) >= 11 is 3.25. The maximum Gasteiger partial charge on any atom is 0.271 e. The van der Waals surface area contributed by atoms with E-state index >= 15 is 0 Å². The van der Waals surface area contributed by atoms with Crippen LogP contribution in [0.1, 0.15) is 5.56 Å². The summed E-state index contributed by atoms with van der Waals surface area (Å²) in [5.74, 6) is 0.304. The van der Waals surface area contributed by atoms with Crippen molar-refractivity contribution in [3.05, 3.63) is 38.6 Å². The second kappa shape index (κ2) is 5.09. The van der Waals surface area contributed by atoms with Crippen molar-refractivity contribution in [2.75, 3.05) is 13.1 Å². The zero-order valence-electron chi connectivity index (χ0n) is 8.84. The first kappa shape index (κ1) is 11.8. The van der Waals surface area contributed by atoms with E-state index in [1.54, 1.807) is 6.20 Å². The van der Waals surface area contributed by atoms with Crippen molar-refractivity contribution >= 4 is 21.9 Å². The van der Waals surface area contributed by atoms with E-state index in [2.05, 4.69) is 31.3 Å². The molecular formula is C9H10BrN5O2. The van der Waals surface area contributed by atoms with Crippen LogP contribution in [-0.4, -0.2) is 34.0 Å². The Bertz CT molecular complexity index is 447. The van der Waals surface area contributed by atoms with Gasteiger partial charge in [0.1, 0.15) is 9.70 Å². The Labute approximate surface area is 106 Å². The van der Waals surface area contributed by atoms with Crippen LogP contribution >= 0.6 is 15.9 Å². The number of hydrogen-bond acceptors (Lipinski definition) is 3. The van der Waals surface area contributed by atoms with Gasteiger partial charge in [-0.15, -0.1) is 0 Å². The highest BCUT2D eigenvalue weighted by atomic mass is 79.9. The Morgan fingerprint density at radius 3 is 3.12 bits per heavy atom. The number of hydrazone groups is 1. The number of nitro groups is 1. The molecule has 1 aromatic heterocycles. The summed E-state index contributed by atoms with van der Waals surface area (Å²) in [7, 11) is 0. The highest BCUT2D eigenvalue weighted by molar-refractivity contribution is 9.10. The molecule has 1 saturated heterocycles. The lowest BCUT2D eigenvalue weighted by molar-refractivity contribution is -0.485. The lowest BCUT2D eigenvalue weighted by atomic mass is 10.3. The van der Waals surface area contributed by atoms with Crippen LogP contribution in [0.15, 0.2) is 28.0 Å². The molecule has 0 unspecified atom stereocenters. The Morgan fingerprint density at radius 1 is 1.65 bits per heavy atom. The zero-order chi connectivity index (χ0) is 12.3. The molecule has 0 spiro atoms. The van der Waals surface area contributed by atoms with Gasteiger partial charge in [0.25, 0.3) is 5.96 Å². The molecule has 1 fully saturated rings. The average molecular weight is 300 g/mol. The van der Waals surface area contributed by atoms with Gasteiger partial charge in [-0.3, -0.25) is 0 Å². The highest BCUT2D eigenvalue weighted by Crippen LogP contribution is 2.10. The van der Waals surface area contributed by atoms with Gasteiger partial charge in [0, 0.05) is 25.8 Å². The fraction of sp³-hybridized carbons (Fsp3) is 0.333. The smallest absolute Gasteiger partial charge is 0.271 e. The number of nitrogens with zero attached hydrogens (tertiary/aromatic N) is 4.